The van der Waals surface area contributed by atoms with Gasteiger partial charge >= 0.3 is 0 Å². The number of carbonyl (C=O) groups is 2. The largest absolute Gasteiger partial charge is 0.492 e. The van der Waals surface area contributed by atoms with E-state index in [0.29, 0.717) is 24.4 Å². The van der Waals surface area contributed by atoms with Gasteiger partial charge in [-0.3, -0.25) is 9.59 Å². The number of amides is 2. The first-order valence-corrected chi connectivity index (χ1v) is 12.7. The van der Waals surface area contributed by atoms with E-state index in [4.69, 9.17) is 4.74 Å². The maximum absolute atomic E-state index is 12.4. The monoisotopic (exact) mass is 541 g/mol. The standard InChI is InChI=1S/C24H20BrN3O3S2/c25-17-8-6-16(7-9-17)23(30)27-18-10-11-20-21(14-18)33-24(28-20)32-15-22(29)26-12-13-31-19-4-2-1-3-5-19/h1-11,14H,12-13,15H2,(H,26,29)(H,27,30). The second-order valence-electron chi connectivity index (χ2n) is 6.92. The van der Waals surface area contributed by atoms with Crippen LogP contribution in [0.25, 0.3) is 10.2 Å². The summed E-state index contributed by atoms with van der Waals surface area (Å²) in [6.07, 6.45) is 0. The Hall–Kier alpha value is -2.88. The van der Waals surface area contributed by atoms with Crippen molar-refractivity contribution in [3.05, 3.63) is 82.8 Å². The molecule has 0 bridgehead atoms. The molecule has 4 aromatic rings. The SMILES string of the molecule is O=C(CSc1nc2ccc(NC(=O)c3ccc(Br)cc3)cc2s1)NCCOc1ccccc1. The molecule has 0 aliphatic carbocycles. The Morgan fingerprint density at radius 2 is 1.82 bits per heavy atom. The number of para-hydroxylation sites is 1. The van der Waals surface area contributed by atoms with Crippen molar-refractivity contribution in [2.24, 2.45) is 0 Å². The fourth-order valence-electron chi connectivity index (χ4n) is 2.90. The van der Waals surface area contributed by atoms with Crippen molar-refractivity contribution < 1.29 is 14.3 Å². The summed E-state index contributed by atoms with van der Waals surface area (Å²) in [5.74, 6) is 0.813. The van der Waals surface area contributed by atoms with Crippen molar-refractivity contribution >= 4 is 66.7 Å². The third-order valence-corrected chi connectivity index (χ3v) is 7.19. The van der Waals surface area contributed by atoms with Crippen molar-refractivity contribution in [1.82, 2.24) is 10.3 Å². The fourth-order valence-corrected chi connectivity index (χ4v) is 5.10. The van der Waals surface area contributed by atoms with Gasteiger partial charge in [-0.2, -0.15) is 0 Å². The molecule has 3 aromatic carbocycles. The van der Waals surface area contributed by atoms with Crippen LogP contribution in [0.1, 0.15) is 10.4 Å². The highest BCUT2D eigenvalue weighted by Gasteiger charge is 2.10. The zero-order chi connectivity index (χ0) is 23.0. The van der Waals surface area contributed by atoms with Crippen LogP contribution in [0.5, 0.6) is 5.75 Å². The molecule has 0 atom stereocenters. The smallest absolute Gasteiger partial charge is 0.255 e. The van der Waals surface area contributed by atoms with Crippen LogP contribution < -0.4 is 15.4 Å². The maximum Gasteiger partial charge on any atom is 0.255 e. The van der Waals surface area contributed by atoms with Gasteiger partial charge in [0.1, 0.15) is 12.4 Å². The first-order valence-electron chi connectivity index (χ1n) is 10.1. The summed E-state index contributed by atoms with van der Waals surface area (Å²) in [7, 11) is 0. The number of halogens is 1. The van der Waals surface area contributed by atoms with Gasteiger partial charge in [-0.1, -0.05) is 45.9 Å². The number of rotatable bonds is 9. The Morgan fingerprint density at radius 1 is 1.03 bits per heavy atom. The van der Waals surface area contributed by atoms with E-state index >= 15 is 0 Å². The molecule has 0 radical (unpaired) electrons. The van der Waals surface area contributed by atoms with E-state index in [2.05, 4.69) is 31.5 Å². The zero-order valence-electron chi connectivity index (χ0n) is 17.4. The number of thioether (sulfide) groups is 1. The summed E-state index contributed by atoms with van der Waals surface area (Å²) < 4.78 is 8.24. The Kier molecular flexibility index (Phi) is 7.98. The summed E-state index contributed by atoms with van der Waals surface area (Å²) in [5.41, 5.74) is 2.12. The molecular weight excluding hydrogens is 522 g/mol. The van der Waals surface area contributed by atoms with Gasteiger partial charge in [0.2, 0.25) is 5.91 Å². The first-order chi connectivity index (χ1) is 16.1. The molecular formula is C24H20BrN3O3S2. The van der Waals surface area contributed by atoms with Gasteiger partial charge < -0.3 is 15.4 Å². The fraction of sp³-hybridized carbons (Fsp3) is 0.125. The lowest BCUT2D eigenvalue weighted by atomic mass is 10.2. The number of fused-ring (bicyclic) bond motifs is 1. The minimum absolute atomic E-state index is 0.0710. The number of benzene rings is 3. The number of ether oxygens (including phenoxy) is 1. The van der Waals surface area contributed by atoms with Crippen LogP contribution in [0.4, 0.5) is 5.69 Å². The number of anilines is 1. The number of carbonyl (C=O) groups excluding carboxylic acids is 2. The first kappa shape index (κ1) is 23.3. The molecule has 2 amide bonds. The van der Waals surface area contributed by atoms with Crippen molar-refractivity contribution in [2.45, 2.75) is 4.34 Å². The second-order valence-corrected chi connectivity index (χ2v) is 10.1. The number of hydrogen-bond donors (Lipinski definition) is 2. The topological polar surface area (TPSA) is 80.3 Å². The highest BCUT2D eigenvalue weighted by Crippen LogP contribution is 2.31. The van der Waals surface area contributed by atoms with Gasteiger partial charge in [-0.25, -0.2) is 4.98 Å². The van der Waals surface area contributed by atoms with E-state index in [9.17, 15) is 9.59 Å². The molecule has 1 heterocycles. The van der Waals surface area contributed by atoms with Crippen molar-refractivity contribution in [3.8, 4) is 5.75 Å². The quantitative estimate of drug-likeness (QED) is 0.213. The van der Waals surface area contributed by atoms with Crippen molar-refractivity contribution in [3.63, 3.8) is 0 Å². The van der Waals surface area contributed by atoms with Crippen LogP contribution in [0.2, 0.25) is 0 Å². The third-order valence-electron chi connectivity index (χ3n) is 4.50. The highest BCUT2D eigenvalue weighted by atomic mass is 79.9. The number of nitrogens with one attached hydrogen (secondary N) is 2. The van der Waals surface area contributed by atoms with Gasteiger partial charge in [-0.15, -0.1) is 11.3 Å². The molecule has 4 rings (SSSR count). The minimum Gasteiger partial charge on any atom is -0.492 e. The van der Waals surface area contributed by atoms with Crippen LogP contribution in [0.3, 0.4) is 0 Å². The molecule has 9 heteroatoms. The van der Waals surface area contributed by atoms with E-state index in [1.807, 2.05) is 60.7 Å². The molecule has 33 heavy (non-hydrogen) atoms. The van der Waals surface area contributed by atoms with Gasteiger partial charge in [0, 0.05) is 15.7 Å². The van der Waals surface area contributed by atoms with E-state index in [-0.39, 0.29) is 17.6 Å². The average Bonchev–Trinajstić information content (AvgIpc) is 3.24. The van der Waals surface area contributed by atoms with Gasteiger partial charge in [-0.05, 0) is 54.6 Å². The Bertz CT molecular complexity index is 1250. The molecule has 0 saturated heterocycles. The number of nitrogens with zero attached hydrogens (tertiary/aromatic N) is 1. The van der Waals surface area contributed by atoms with E-state index in [1.54, 1.807) is 12.1 Å². The van der Waals surface area contributed by atoms with E-state index < -0.39 is 0 Å². The summed E-state index contributed by atoms with van der Waals surface area (Å²) in [5, 5.41) is 5.76. The summed E-state index contributed by atoms with van der Waals surface area (Å²) in [4.78, 5) is 29.1. The second kappa shape index (κ2) is 11.3. The zero-order valence-corrected chi connectivity index (χ0v) is 20.6. The lowest BCUT2D eigenvalue weighted by molar-refractivity contribution is -0.118. The molecule has 168 valence electrons. The number of aromatic nitrogens is 1. The molecule has 0 saturated carbocycles. The van der Waals surface area contributed by atoms with Crippen LogP contribution in [-0.4, -0.2) is 35.7 Å². The molecule has 6 nitrogen and oxygen atoms in total. The highest BCUT2D eigenvalue weighted by molar-refractivity contribution is 9.10. The molecule has 1 aromatic heterocycles. The van der Waals surface area contributed by atoms with Crippen LogP contribution >= 0.6 is 39.0 Å². The van der Waals surface area contributed by atoms with Gasteiger partial charge in [0.25, 0.3) is 5.91 Å². The maximum atomic E-state index is 12.4. The van der Waals surface area contributed by atoms with Gasteiger partial charge in [0.05, 0.1) is 22.5 Å². The molecule has 0 aliphatic rings. The Balaban J connectivity index is 1.26. The van der Waals surface area contributed by atoms with Gasteiger partial charge in [0.15, 0.2) is 4.34 Å². The molecule has 0 unspecified atom stereocenters. The molecule has 0 aliphatic heterocycles. The number of thiazole rings is 1. The third kappa shape index (κ3) is 6.80. The van der Waals surface area contributed by atoms with Crippen LogP contribution in [0, 0.1) is 0 Å². The number of hydrogen-bond acceptors (Lipinski definition) is 6. The lowest BCUT2D eigenvalue weighted by Crippen LogP contribution is -2.29. The van der Waals surface area contributed by atoms with E-state index in [1.165, 1.54) is 23.1 Å². The summed E-state index contributed by atoms with van der Waals surface area (Å²) in [6, 6.07) is 22.3. The average molecular weight is 542 g/mol. The predicted octanol–water partition coefficient (Wildman–Crippen LogP) is 5.60. The summed E-state index contributed by atoms with van der Waals surface area (Å²) in [6.45, 7) is 0.853. The Morgan fingerprint density at radius 3 is 2.61 bits per heavy atom. The van der Waals surface area contributed by atoms with E-state index in [0.717, 1.165) is 24.8 Å². The van der Waals surface area contributed by atoms with Crippen molar-refractivity contribution in [1.29, 1.82) is 0 Å². The molecule has 0 fully saturated rings. The lowest BCUT2D eigenvalue weighted by Gasteiger charge is -2.07. The van der Waals surface area contributed by atoms with Crippen LogP contribution in [-0.2, 0) is 4.79 Å². The minimum atomic E-state index is -0.172. The van der Waals surface area contributed by atoms with Crippen molar-refractivity contribution in [2.75, 3.05) is 24.2 Å². The predicted molar refractivity (Wildman–Crippen MR) is 137 cm³/mol. The normalized spacial score (nSPS) is 10.7. The summed E-state index contributed by atoms with van der Waals surface area (Å²) >= 11 is 6.25. The Labute approximate surface area is 207 Å². The molecule has 2 N–H and O–H groups in total. The molecule has 0 spiro atoms. The van der Waals surface area contributed by atoms with Crippen LogP contribution in [0.15, 0.2) is 81.6 Å².